The largest absolute Gasteiger partial charge is 0.0632 e. The van der Waals surface area contributed by atoms with Gasteiger partial charge in [0.25, 0.3) is 0 Å². The monoisotopic (exact) mass is 260 g/mol. The smallest absolute Gasteiger partial charge is 0.0215 e. The number of hydrogen-bond acceptors (Lipinski definition) is 0. The molecular formula is C12H32Si3. The minimum atomic E-state index is -0.208. The highest BCUT2D eigenvalue weighted by Gasteiger charge is 2.14. The van der Waals surface area contributed by atoms with Crippen LogP contribution in [-0.4, -0.2) is 25.9 Å². The molecule has 15 heavy (non-hydrogen) atoms. The second-order valence-corrected chi connectivity index (χ2v) is 23.5. The van der Waals surface area contributed by atoms with Crippen LogP contribution >= 0.6 is 0 Å². The Labute approximate surface area is 103 Å². The molecule has 92 valence electrons. The van der Waals surface area contributed by atoms with Gasteiger partial charge in [0.2, 0.25) is 0 Å². The summed E-state index contributed by atoms with van der Waals surface area (Å²) < 4.78 is 0. The van der Waals surface area contributed by atoms with Gasteiger partial charge < -0.3 is 0 Å². The molecule has 0 spiro atoms. The molecule has 0 N–H and O–H groups in total. The second kappa shape index (κ2) is 8.76. The van der Waals surface area contributed by atoms with Crippen LogP contribution in [0.15, 0.2) is 0 Å². The topological polar surface area (TPSA) is 0 Å². The lowest BCUT2D eigenvalue weighted by Crippen LogP contribution is -2.30. The van der Waals surface area contributed by atoms with E-state index in [0.29, 0.717) is 17.6 Å². The van der Waals surface area contributed by atoms with Crippen molar-refractivity contribution in [3.05, 3.63) is 0 Å². The number of rotatable bonds is 8. The molecule has 0 rings (SSSR count). The molecule has 0 aromatic rings. The highest BCUT2D eigenvalue weighted by molar-refractivity contribution is 7.35. The van der Waals surface area contributed by atoms with E-state index < -0.39 is 0 Å². The van der Waals surface area contributed by atoms with Crippen LogP contribution in [0.4, 0.5) is 0 Å². The van der Waals surface area contributed by atoms with E-state index in [-0.39, 0.29) is 8.31 Å². The van der Waals surface area contributed by atoms with Crippen LogP contribution in [0.1, 0.15) is 41.5 Å². The minimum absolute atomic E-state index is 0.208. The van der Waals surface area contributed by atoms with Gasteiger partial charge in [0.05, 0.1) is 0 Å². The van der Waals surface area contributed by atoms with Gasteiger partial charge in [-0.3, -0.25) is 0 Å². The van der Waals surface area contributed by atoms with E-state index in [9.17, 15) is 0 Å². The molecule has 0 amide bonds. The van der Waals surface area contributed by atoms with Gasteiger partial charge in [-0.15, -0.1) is 0 Å². The van der Waals surface area contributed by atoms with Gasteiger partial charge in [-0.05, 0) is 11.8 Å². The van der Waals surface area contributed by atoms with E-state index in [2.05, 4.69) is 41.5 Å². The molecule has 0 radical (unpaired) electrons. The van der Waals surface area contributed by atoms with Crippen molar-refractivity contribution in [2.24, 2.45) is 17.8 Å². The Balaban J connectivity index is 3.79. The van der Waals surface area contributed by atoms with E-state index in [0.717, 1.165) is 17.8 Å². The zero-order valence-electron chi connectivity index (χ0n) is 11.8. The molecule has 3 heteroatoms. The zero-order valence-corrected chi connectivity index (χ0v) is 15.8. The molecule has 0 bridgehead atoms. The maximum atomic E-state index is 2.43. The second-order valence-electron chi connectivity index (χ2n) is 6.45. The third kappa shape index (κ3) is 10.9. The average molecular weight is 261 g/mol. The normalized spacial score (nSPS) is 14.0. The zero-order chi connectivity index (χ0) is 11.8. The van der Waals surface area contributed by atoms with E-state index in [1.54, 1.807) is 18.1 Å². The Hall–Kier alpha value is 0.651. The first-order chi connectivity index (χ1) is 6.91. The fourth-order valence-corrected chi connectivity index (χ4v) is 29.3. The molecule has 0 unspecified atom stereocenters. The maximum Gasteiger partial charge on any atom is 0.0215 e. The predicted molar refractivity (Wildman–Crippen MR) is 83.2 cm³/mol. The van der Waals surface area contributed by atoms with Crippen LogP contribution in [-0.2, 0) is 0 Å². The molecule has 0 saturated carbocycles. The third-order valence-electron chi connectivity index (χ3n) is 3.00. The SMILES string of the molecule is CC(C)C[SiH2][SiH2][SiH](CC(C)C)CC(C)C. The fourth-order valence-electron chi connectivity index (χ4n) is 2.48. The lowest BCUT2D eigenvalue weighted by molar-refractivity contribution is 0.697. The molecule has 0 atom stereocenters. The van der Waals surface area contributed by atoms with Crippen molar-refractivity contribution in [1.82, 2.24) is 0 Å². The fraction of sp³-hybridized carbons (Fsp3) is 1.00. The van der Waals surface area contributed by atoms with Crippen molar-refractivity contribution in [3.8, 4) is 0 Å². The molecule has 0 aromatic heterocycles. The Morgan fingerprint density at radius 3 is 1.60 bits per heavy atom. The van der Waals surface area contributed by atoms with Crippen molar-refractivity contribution in [1.29, 1.82) is 0 Å². The summed E-state index contributed by atoms with van der Waals surface area (Å²) in [6.45, 7) is 14.5. The summed E-state index contributed by atoms with van der Waals surface area (Å²) in [5, 5.41) is 0. The average Bonchev–Trinajstić information content (AvgIpc) is 2.00. The molecule has 0 nitrogen and oxygen atoms in total. The lowest BCUT2D eigenvalue weighted by atomic mass is 10.3. The Kier molecular flexibility index (Phi) is 9.14. The van der Waals surface area contributed by atoms with Crippen LogP contribution < -0.4 is 0 Å². The van der Waals surface area contributed by atoms with Crippen LogP contribution in [0.5, 0.6) is 0 Å². The number of hydrogen-bond donors (Lipinski definition) is 0. The summed E-state index contributed by atoms with van der Waals surface area (Å²) in [5.74, 6) is 2.97. The van der Waals surface area contributed by atoms with Crippen LogP contribution in [0.3, 0.4) is 0 Å². The summed E-state index contributed by atoms with van der Waals surface area (Å²) in [6.07, 6.45) is 0. The molecule has 0 fully saturated rings. The van der Waals surface area contributed by atoms with Gasteiger partial charge in [-0.1, -0.05) is 65.6 Å². The first kappa shape index (κ1) is 15.7. The summed E-state index contributed by atoms with van der Waals surface area (Å²) in [5.41, 5.74) is 0. The van der Waals surface area contributed by atoms with Crippen molar-refractivity contribution in [3.63, 3.8) is 0 Å². The molecule has 0 aromatic carbocycles. The molecule has 0 saturated heterocycles. The highest BCUT2D eigenvalue weighted by atomic mass is 29.5. The quantitative estimate of drug-likeness (QED) is 0.588. The predicted octanol–water partition coefficient (Wildman–Crippen LogP) is 2.35. The summed E-state index contributed by atoms with van der Waals surface area (Å²) >= 11 is 0. The summed E-state index contributed by atoms with van der Waals surface area (Å²) in [7, 11) is 0.698. The Morgan fingerprint density at radius 1 is 0.800 bits per heavy atom. The van der Waals surface area contributed by atoms with Crippen LogP contribution in [0, 0.1) is 17.8 Å². The Bertz CT molecular complexity index is 134. The molecule has 0 aliphatic carbocycles. The third-order valence-corrected chi connectivity index (χ3v) is 26.9. The van der Waals surface area contributed by atoms with Gasteiger partial charge in [0.15, 0.2) is 0 Å². The van der Waals surface area contributed by atoms with Gasteiger partial charge in [0.1, 0.15) is 0 Å². The van der Waals surface area contributed by atoms with Crippen LogP contribution in [0.25, 0.3) is 0 Å². The molecule has 0 heterocycles. The van der Waals surface area contributed by atoms with E-state index >= 15 is 0 Å². The van der Waals surface area contributed by atoms with Gasteiger partial charge >= 0.3 is 0 Å². The van der Waals surface area contributed by atoms with Gasteiger partial charge in [-0.25, -0.2) is 0 Å². The lowest BCUT2D eigenvalue weighted by Gasteiger charge is -2.19. The van der Waals surface area contributed by atoms with Crippen molar-refractivity contribution >= 4 is 25.9 Å². The minimum Gasteiger partial charge on any atom is -0.0632 e. The van der Waals surface area contributed by atoms with Crippen molar-refractivity contribution < 1.29 is 0 Å². The highest BCUT2D eigenvalue weighted by Crippen LogP contribution is 2.14. The first-order valence-corrected chi connectivity index (χ1v) is 16.8. The summed E-state index contributed by atoms with van der Waals surface area (Å²) in [6, 6.07) is 4.97. The molecule has 0 aliphatic heterocycles. The van der Waals surface area contributed by atoms with E-state index in [1.165, 1.54) is 0 Å². The van der Waals surface area contributed by atoms with Gasteiger partial charge in [-0.2, -0.15) is 0 Å². The van der Waals surface area contributed by atoms with Gasteiger partial charge in [0, 0.05) is 25.9 Å². The molecule has 0 aliphatic rings. The first-order valence-electron chi connectivity index (χ1n) is 6.91. The van der Waals surface area contributed by atoms with E-state index in [4.69, 9.17) is 0 Å². The Morgan fingerprint density at radius 2 is 1.27 bits per heavy atom. The van der Waals surface area contributed by atoms with Crippen molar-refractivity contribution in [2.75, 3.05) is 0 Å². The van der Waals surface area contributed by atoms with Crippen LogP contribution in [0.2, 0.25) is 18.1 Å². The van der Waals surface area contributed by atoms with E-state index in [1.807, 2.05) is 0 Å². The molecular weight excluding hydrogens is 228 g/mol. The standard InChI is InChI=1S/C12H32Si3/c1-10(2)7-13-14-15(8-11(3)4)9-12(5)6/h10-12,15H,7-9,13-14H2,1-6H3. The maximum absolute atomic E-state index is 2.43. The van der Waals surface area contributed by atoms with Crippen molar-refractivity contribution in [2.45, 2.75) is 59.7 Å². The summed E-state index contributed by atoms with van der Waals surface area (Å²) in [4.78, 5) is 0.